The Labute approximate surface area is 109 Å². The number of carbonyl (C=O) groups excluding carboxylic acids is 1. The van der Waals surface area contributed by atoms with E-state index in [-0.39, 0.29) is 12.8 Å². The topological polar surface area (TPSA) is 54.4 Å². The van der Waals surface area contributed by atoms with Crippen molar-refractivity contribution >= 4 is 11.8 Å². The standard InChI is InChI=1S/C14H14F2O3/c15-12(16)14(13(18)19)7-6-10(11(14)17)8-9-4-2-1-3-5-9/h1-5,10,12H,6-8H2,(H,18,19). The summed E-state index contributed by atoms with van der Waals surface area (Å²) < 4.78 is 26.0. The average Bonchev–Trinajstić information content (AvgIpc) is 2.69. The highest BCUT2D eigenvalue weighted by atomic mass is 19.3. The Morgan fingerprint density at radius 1 is 1.37 bits per heavy atom. The molecular formula is C14H14F2O3. The molecule has 0 radical (unpaired) electrons. The number of aliphatic carboxylic acids is 1. The molecule has 1 aromatic rings. The van der Waals surface area contributed by atoms with Crippen LogP contribution in [-0.2, 0) is 16.0 Å². The van der Waals surface area contributed by atoms with Crippen LogP contribution in [0.2, 0.25) is 0 Å². The van der Waals surface area contributed by atoms with E-state index in [4.69, 9.17) is 5.11 Å². The van der Waals surface area contributed by atoms with Crippen molar-refractivity contribution in [2.45, 2.75) is 25.7 Å². The molecule has 2 unspecified atom stereocenters. The highest BCUT2D eigenvalue weighted by Gasteiger charge is 2.59. The van der Waals surface area contributed by atoms with Crippen molar-refractivity contribution in [1.29, 1.82) is 0 Å². The van der Waals surface area contributed by atoms with Crippen molar-refractivity contribution in [3.8, 4) is 0 Å². The molecule has 2 atom stereocenters. The number of carboxylic acids is 1. The van der Waals surface area contributed by atoms with Crippen LogP contribution < -0.4 is 0 Å². The van der Waals surface area contributed by atoms with Gasteiger partial charge in [-0.25, -0.2) is 8.78 Å². The number of ketones is 1. The van der Waals surface area contributed by atoms with E-state index in [1.807, 2.05) is 6.07 Å². The smallest absolute Gasteiger partial charge is 0.323 e. The molecule has 0 aromatic heterocycles. The second-order valence-electron chi connectivity index (χ2n) is 4.87. The van der Waals surface area contributed by atoms with Gasteiger partial charge in [0.2, 0.25) is 0 Å². The molecule has 0 heterocycles. The van der Waals surface area contributed by atoms with Crippen LogP contribution in [0, 0.1) is 11.3 Å². The summed E-state index contributed by atoms with van der Waals surface area (Å²) in [5.41, 5.74) is -1.64. The zero-order valence-electron chi connectivity index (χ0n) is 10.2. The number of carbonyl (C=O) groups is 2. The van der Waals surface area contributed by atoms with Crippen molar-refractivity contribution in [2.24, 2.45) is 11.3 Å². The first-order valence-electron chi connectivity index (χ1n) is 6.08. The zero-order valence-corrected chi connectivity index (χ0v) is 10.2. The molecule has 1 aromatic carbocycles. The summed E-state index contributed by atoms with van der Waals surface area (Å²) in [5.74, 6) is -3.17. The summed E-state index contributed by atoms with van der Waals surface area (Å²) in [4.78, 5) is 23.1. The van der Waals surface area contributed by atoms with Gasteiger partial charge in [0, 0.05) is 5.92 Å². The van der Waals surface area contributed by atoms with Gasteiger partial charge in [0.05, 0.1) is 0 Å². The molecule has 0 amide bonds. The maximum absolute atomic E-state index is 13.0. The number of hydrogen-bond donors (Lipinski definition) is 1. The van der Waals surface area contributed by atoms with Crippen LogP contribution in [0.5, 0.6) is 0 Å². The van der Waals surface area contributed by atoms with E-state index in [0.29, 0.717) is 6.42 Å². The van der Waals surface area contributed by atoms with Gasteiger partial charge in [0.15, 0.2) is 11.2 Å². The van der Waals surface area contributed by atoms with Gasteiger partial charge in [0.1, 0.15) is 0 Å². The number of rotatable bonds is 4. The number of benzene rings is 1. The SMILES string of the molecule is O=C(O)C1(C(F)F)CCC(Cc2ccccc2)C1=O. The Balaban J connectivity index is 2.20. The van der Waals surface area contributed by atoms with Crippen LogP contribution in [0.4, 0.5) is 8.78 Å². The quantitative estimate of drug-likeness (QED) is 0.854. The third kappa shape index (κ3) is 2.25. The molecule has 2 rings (SSSR count). The summed E-state index contributed by atoms with van der Waals surface area (Å²) in [6.07, 6.45) is -2.92. The lowest BCUT2D eigenvalue weighted by Crippen LogP contribution is -2.43. The Kier molecular flexibility index (Phi) is 3.64. The summed E-state index contributed by atoms with van der Waals surface area (Å²) in [6, 6.07) is 9.02. The summed E-state index contributed by atoms with van der Waals surface area (Å²) in [7, 11) is 0. The monoisotopic (exact) mass is 268 g/mol. The minimum atomic E-state index is -3.15. The van der Waals surface area contributed by atoms with E-state index in [1.54, 1.807) is 24.3 Å². The van der Waals surface area contributed by atoms with Crippen LogP contribution in [0.1, 0.15) is 18.4 Å². The predicted octanol–water partition coefficient (Wildman–Crippen LogP) is 2.54. The zero-order chi connectivity index (χ0) is 14.0. The fourth-order valence-corrected chi connectivity index (χ4v) is 2.64. The Hall–Kier alpha value is -1.78. The van der Waals surface area contributed by atoms with Crippen LogP contribution in [0.3, 0.4) is 0 Å². The van der Waals surface area contributed by atoms with E-state index in [9.17, 15) is 18.4 Å². The number of alkyl halides is 2. The normalized spacial score (nSPS) is 26.9. The van der Waals surface area contributed by atoms with Crippen molar-refractivity contribution in [1.82, 2.24) is 0 Å². The van der Waals surface area contributed by atoms with Gasteiger partial charge in [-0.1, -0.05) is 30.3 Å². The third-order valence-electron chi connectivity index (χ3n) is 3.78. The molecular weight excluding hydrogens is 254 g/mol. The minimum absolute atomic E-state index is 0.199. The number of carboxylic acid groups (broad SMARTS) is 1. The van der Waals surface area contributed by atoms with Crippen LogP contribution >= 0.6 is 0 Å². The van der Waals surface area contributed by atoms with Gasteiger partial charge in [0.25, 0.3) is 6.43 Å². The van der Waals surface area contributed by atoms with Gasteiger partial charge in [-0.15, -0.1) is 0 Å². The Morgan fingerprint density at radius 2 is 2.00 bits per heavy atom. The van der Waals surface area contributed by atoms with Crippen LogP contribution in [-0.4, -0.2) is 23.3 Å². The largest absolute Gasteiger partial charge is 0.480 e. The molecule has 1 aliphatic carbocycles. The van der Waals surface area contributed by atoms with E-state index in [0.717, 1.165) is 5.56 Å². The summed E-state index contributed by atoms with van der Waals surface area (Å²) >= 11 is 0. The number of hydrogen-bond acceptors (Lipinski definition) is 2. The molecule has 0 spiro atoms. The first-order valence-corrected chi connectivity index (χ1v) is 6.08. The fourth-order valence-electron chi connectivity index (χ4n) is 2.64. The molecule has 1 saturated carbocycles. The van der Waals surface area contributed by atoms with Crippen molar-refractivity contribution in [3.05, 3.63) is 35.9 Å². The van der Waals surface area contributed by atoms with E-state index in [1.165, 1.54) is 0 Å². The summed E-state index contributed by atoms with van der Waals surface area (Å²) in [5, 5.41) is 8.99. The van der Waals surface area contributed by atoms with E-state index >= 15 is 0 Å². The first-order chi connectivity index (χ1) is 8.98. The molecule has 19 heavy (non-hydrogen) atoms. The maximum Gasteiger partial charge on any atom is 0.323 e. The minimum Gasteiger partial charge on any atom is -0.480 e. The van der Waals surface area contributed by atoms with E-state index in [2.05, 4.69) is 0 Å². The molecule has 0 aliphatic heterocycles. The first kappa shape index (κ1) is 13.6. The lowest BCUT2D eigenvalue weighted by molar-refractivity contribution is -0.164. The maximum atomic E-state index is 13.0. The number of halogens is 2. The van der Waals surface area contributed by atoms with Crippen molar-refractivity contribution in [2.75, 3.05) is 0 Å². The van der Waals surface area contributed by atoms with Gasteiger partial charge in [-0.05, 0) is 24.8 Å². The third-order valence-corrected chi connectivity index (χ3v) is 3.78. The molecule has 102 valence electrons. The highest BCUT2D eigenvalue weighted by Crippen LogP contribution is 2.44. The van der Waals surface area contributed by atoms with Gasteiger partial charge >= 0.3 is 5.97 Å². The predicted molar refractivity (Wildman–Crippen MR) is 63.9 cm³/mol. The molecule has 0 bridgehead atoms. The second-order valence-corrected chi connectivity index (χ2v) is 4.87. The Bertz CT molecular complexity index is 487. The van der Waals surface area contributed by atoms with Gasteiger partial charge in [-0.3, -0.25) is 9.59 Å². The van der Waals surface area contributed by atoms with Gasteiger partial charge in [-0.2, -0.15) is 0 Å². The lowest BCUT2D eigenvalue weighted by Gasteiger charge is -2.21. The molecule has 1 aliphatic rings. The molecule has 0 saturated heterocycles. The van der Waals surface area contributed by atoms with E-state index < -0.39 is 29.5 Å². The van der Waals surface area contributed by atoms with Crippen molar-refractivity contribution in [3.63, 3.8) is 0 Å². The lowest BCUT2D eigenvalue weighted by atomic mass is 9.83. The molecule has 3 nitrogen and oxygen atoms in total. The molecule has 1 fully saturated rings. The Morgan fingerprint density at radius 3 is 2.47 bits per heavy atom. The molecule has 1 N–H and O–H groups in total. The summed E-state index contributed by atoms with van der Waals surface area (Å²) in [6.45, 7) is 0. The second kappa shape index (κ2) is 5.07. The average molecular weight is 268 g/mol. The van der Waals surface area contributed by atoms with Gasteiger partial charge < -0.3 is 5.11 Å². The van der Waals surface area contributed by atoms with Crippen LogP contribution in [0.25, 0.3) is 0 Å². The van der Waals surface area contributed by atoms with Crippen molar-refractivity contribution < 1.29 is 23.5 Å². The highest BCUT2D eigenvalue weighted by molar-refractivity contribution is 6.06. The van der Waals surface area contributed by atoms with Crippen LogP contribution in [0.15, 0.2) is 30.3 Å². The molecule has 5 heteroatoms. The fraction of sp³-hybridized carbons (Fsp3) is 0.429. The number of Topliss-reactive ketones (excluding diaryl/α,β-unsaturated/α-hetero) is 1.